The molecular weight excluding hydrogens is 489 g/mol. The van der Waals surface area contributed by atoms with E-state index < -0.39 is 0 Å². The molecule has 1 aliphatic heterocycles. The summed E-state index contributed by atoms with van der Waals surface area (Å²) in [4.78, 5) is 28.7. The van der Waals surface area contributed by atoms with Crippen LogP contribution in [0.3, 0.4) is 0 Å². The second kappa shape index (κ2) is 12.9. The minimum Gasteiger partial charge on any atom is -0.371 e. The first kappa shape index (κ1) is 26.9. The number of nitrogens with zero attached hydrogens (tertiary/aromatic N) is 1. The molecule has 0 bridgehead atoms. The maximum atomic E-state index is 13.5. The predicted octanol–water partition coefficient (Wildman–Crippen LogP) is 6.73. The van der Waals surface area contributed by atoms with E-state index in [1.54, 1.807) is 12.1 Å². The standard InChI is InChI=1S/C33H38FN3O2/c34-28-13-11-26(12-14-28)23-35-33(39)30-22-29(36-32(38)27-9-5-2-6-10-27)15-16-31(30)37-19-17-25(18-20-37)21-24-7-3-1-4-8-24/h1,3-4,7-8,11-16,22,25,27H,2,5-6,9-10,17-21,23H2,(H,35,39)(H,36,38). The Morgan fingerprint density at radius 2 is 1.54 bits per heavy atom. The van der Waals surface area contributed by atoms with E-state index in [0.29, 0.717) is 23.7 Å². The van der Waals surface area contributed by atoms with Gasteiger partial charge in [0.05, 0.1) is 5.56 Å². The van der Waals surface area contributed by atoms with E-state index in [1.165, 1.54) is 24.1 Å². The molecule has 0 spiro atoms. The zero-order valence-corrected chi connectivity index (χ0v) is 22.5. The first-order valence-corrected chi connectivity index (χ1v) is 14.3. The van der Waals surface area contributed by atoms with Crippen LogP contribution in [0.1, 0.15) is 66.4 Å². The van der Waals surface area contributed by atoms with Gasteiger partial charge in [0.15, 0.2) is 0 Å². The van der Waals surface area contributed by atoms with Gasteiger partial charge in [-0.1, -0.05) is 61.7 Å². The molecule has 39 heavy (non-hydrogen) atoms. The van der Waals surface area contributed by atoms with Gasteiger partial charge in [0.2, 0.25) is 5.91 Å². The van der Waals surface area contributed by atoms with Gasteiger partial charge in [-0.25, -0.2) is 4.39 Å². The monoisotopic (exact) mass is 527 g/mol. The van der Waals surface area contributed by atoms with E-state index in [2.05, 4.69) is 45.9 Å². The van der Waals surface area contributed by atoms with Gasteiger partial charge in [0, 0.05) is 36.9 Å². The van der Waals surface area contributed by atoms with Gasteiger partial charge in [-0.15, -0.1) is 0 Å². The fraction of sp³-hybridized carbons (Fsp3) is 0.394. The molecule has 5 nitrogen and oxygen atoms in total. The zero-order chi connectivity index (χ0) is 27.0. The summed E-state index contributed by atoms with van der Waals surface area (Å²) >= 11 is 0. The Balaban J connectivity index is 1.30. The van der Waals surface area contributed by atoms with Crippen LogP contribution < -0.4 is 15.5 Å². The van der Waals surface area contributed by atoms with Gasteiger partial charge in [0.1, 0.15) is 5.82 Å². The lowest BCUT2D eigenvalue weighted by molar-refractivity contribution is -0.120. The third-order valence-electron chi connectivity index (χ3n) is 8.17. The Kier molecular flexibility index (Phi) is 8.92. The summed E-state index contributed by atoms with van der Waals surface area (Å²) in [6.07, 6.45) is 8.42. The molecular formula is C33H38FN3O2. The SMILES string of the molecule is O=C(NCc1ccc(F)cc1)c1cc(NC(=O)C2CCCCC2)ccc1N1CCC(Cc2ccccc2)CC1. The minimum absolute atomic E-state index is 0.0396. The normalized spacial score (nSPS) is 16.6. The first-order chi connectivity index (χ1) is 19.0. The van der Waals surface area contributed by atoms with Crippen molar-refractivity contribution < 1.29 is 14.0 Å². The number of hydrogen-bond acceptors (Lipinski definition) is 3. The van der Waals surface area contributed by atoms with Crippen molar-refractivity contribution in [3.8, 4) is 0 Å². The van der Waals surface area contributed by atoms with Crippen LogP contribution in [0.5, 0.6) is 0 Å². The topological polar surface area (TPSA) is 61.4 Å². The molecule has 2 amide bonds. The van der Waals surface area contributed by atoms with Crippen LogP contribution in [0.15, 0.2) is 72.8 Å². The third-order valence-corrected chi connectivity index (χ3v) is 8.17. The number of nitrogens with one attached hydrogen (secondary N) is 2. The molecule has 3 aromatic rings. The predicted molar refractivity (Wildman–Crippen MR) is 154 cm³/mol. The van der Waals surface area contributed by atoms with Crippen molar-refractivity contribution >= 4 is 23.2 Å². The van der Waals surface area contributed by atoms with E-state index in [0.717, 1.165) is 69.3 Å². The molecule has 0 aromatic heterocycles. The number of rotatable bonds is 8. The van der Waals surface area contributed by atoms with Crippen molar-refractivity contribution in [3.05, 3.63) is 95.3 Å². The Morgan fingerprint density at radius 1 is 0.821 bits per heavy atom. The smallest absolute Gasteiger partial charge is 0.253 e. The number of benzene rings is 3. The number of piperidine rings is 1. The Hall–Kier alpha value is -3.67. The quantitative estimate of drug-likeness (QED) is 0.341. The van der Waals surface area contributed by atoms with Crippen molar-refractivity contribution in [3.63, 3.8) is 0 Å². The summed E-state index contributed by atoms with van der Waals surface area (Å²) in [7, 11) is 0. The van der Waals surface area contributed by atoms with E-state index >= 15 is 0 Å². The van der Waals surface area contributed by atoms with Crippen molar-refractivity contribution in [2.75, 3.05) is 23.3 Å². The number of hydrogen-bond donors (Lipinski definition) is 2. The number of halogens is 1. The fourth-order valence-electron chi connectivity index (χ4n) is 5.89. The fourth-order valence-corrected chi connectivity index (χ4v) is 5.89. The number of carbonyl (C=O) groups is 2. The molecule has 0 atom stereocenters. The van der Waals surface area contributed by atoms with Crippen molar-refractivity contribution in [2.24, 2.45) is 11.8 Å². The zero-order valence-electron chi connectivity index (χ0n) is 22.5. The highest BCUT2D eigenvalue weighted by Gasteiger charge is 2.25. The summed E-state index contributed by atoms with van der Waals surface area (Å²) in [6, 6.07) is 22.5. The lowest BCUT2D eigenvalue weighted by Crippen LogP contribution is -2.36. The highest BCUT2D eigenvalue weighted by Crippen LogP contribution is 2.31. The Bertz CT molecular complexity index is 1250. The second-order valence-corrected chi connectivity index (χ2v) is 11.0. The molecule has 2 aliphatic rings. The average molecular weight is 528 g/mol. The highest BCUT2D eigenvalue weighted by molar-refractivity contribution is 6.02. The van der Waals surface area contributed by atoms with Crippen LogP contribution in [0.25, 0.3) is 0 Å². The molecule has 3 aromatic carbocycles. The molecule has 1 heterocycles. The van der Waals surface area contributed by atoms with Crippen molar-refractivity contribution in [1.82, 2.24) is 5.32 Å². The Labute approximate surface area is 230 Å². The van der Waals surface area contributed by atoms with E-state index in [4.69, 9.17) is 0 Å². The minimum atomic E-state index is -0.301. The molecule has 1 aliphatic carbocycles. The lowest BCUT2D eigenvalue weighted by Gasteiger charge is -2.35. The van der Waals surface area contributed by atoms with Crippen LogP contribution in [-0.2, 0) is 17.8 Å². The Morgan fingerprint density at radius 3 is 2.26 bits per heavy atom. The molecule has 2 N–H and O–H groups in total. The van der Waals surface area contributed by atoms with E-state index in [-0.39, 0.29) is 23.5 Å². The van der Waals surface area contributed by atoms with Gasteiger partial charge in [-0.2, -0.15) is 0 Å². The molecule has 2 fully saturated rings. The second-order valence-electron chi connectivity index (χ2n) is 11.0. The number of carbonyl (C=O) groups excluding carboxylic acids is 2. The van der Waals surface area contributed by atoms with Crippen LogP contribution in [0.2, 0.25) is 0 Å². The largest absolute Gasteiger partial charge is 0.371 e. The van der Waals surface area contributed by atoms with Crippen LogP contribution >= 0.6 is 0 Å². The van der Waals surface area contributed by atoms with E-state index in [1.807, 2.05) is 18.2 Å². The highest BCUT2D eigenvalue weighted by atomic mass is 19.1. The van der Waals surface area contributed by atoms with Crippen LogP contribution in [0.4, 0.5) is 15.8 Å². The van der Waals surface area contributed by atoms with Crippen molar-refractivity contribution in [1.29, 1.82) is 0 Å². The van der Waals surface area contributed by atoms with Gasteiger partial charge in [-0.3, -0.25) is 9.59 Å². The molecule has 204 valence electrons. The van der Waals surface area contributed by atoms with Gasteiger partial charge in [0.25, 0.3) is 5.91 Å². The summed E-state index contributed by atoms with van der Waals surface area (Å²) in [5, 5.41) is 6.07. The molecule has 5 rings (SSSR count). The summed E-state index contributed by atoms with van der Waals surface area (Å²) in [6.45, 7) is 2.06. The number of anilines is 2. The molecule has 0 radical (unpaired) electrons. The molecule has 0 unspecified atom stereocenters. The maximum absolute atomic E-state index is 13.5. The third kappa shape index (κ3) is 7.25. The summed E-state index contributed by atoms with van der Waals surface area (Å²) < 4.78 is 13.3. The average Bonchev–Trinajstić information content (AvgIpc) is 2.98. The maximum Gasteiger partial charge on any atom is 0.253 e. The molecule has 6 heteroatoms. The molecule has 1 saturated carbocycles. The van der Waals surface area contributed by atoms with Crippen LogP contribution in [0, 0.1) is 17.7 Å². The molecule has 1 saturated heterocycles. The van der Waals surface area contributed by atoms with Gasteiger partial charge < -0.3 is 15.5 Å². The van der Waals surface area contributed by atoms with Gasteiger partial charge in [-0.05, 0) is 79.5 Å². The lowest BCUT2D eigenvalue weighted by atomic mass is 9.88. The first-order valence-electron chi connectivity index (χ1n) is 14.3. The number of amides is 2. The summed E-state index contributed by atoms with van der Waals surface area (Å²) in [5.74, 6) is 0.201. The van der Waals surface area contributed by atoms with Gasteiger partial charge >= 0.3 is 0 Å². The van der Waals surface area contributed by atoms with Crippen molar-refractivity contribution in [2.45, 2.75) is 57.9 Å². The summed E-state index contributed by atoms with van der Waals surface area (Å²) in [5.41, 5.74) is 4.30. The van der Waals surface area contributed by atoms with Crippen LogP contribution in [-0.4, -0.2) is 24.9 Å². The van der Waals surface area contributed by atoms with E-state index in [9.17, 15) is 14.0 Å².